The van der Waals surface area contributed by atoms with Gasteiger partial charge in [0.2, 0.25) is 15.9 Å². The van der Waals surface area contributed by atoms with Crippen LogP contribution in [0.25, 0.3) is 0 Å². The summed E-state index contributed by atoms with van der Waals surface area (Å²) in [6, 6.07) is 1.71. The van der Waals surface area contributed by atoms with Gasteiger partial charge in [0.15, 0.2) is 0 Å². The minimum absolute atomic E-state index is 0.0224. The van der Waals surface area contributed by atoms with Crippen molar-refractivity contribution in [3.63, 3.8) is 0 Å². The van der Waals surface area contributed by atoms with Gasteiger partial charge >= 0.3 is 6.03 Å². The number of amides is 3. The number of benzene rings is 1. The van der Waals surface area contributed by atoms with E-state index in [2.05, 4.69) is 16.1 Å². The van der Waals surface area contributed by atoms with Crippen molar-refractivity contribution in [1.82, 2.24) is 9.62 Å². The zero-order valence-corrected chi connectivity index (χ0v) is 19.3. The molecule has 3 aliphatic carbocycles. The van der Waals surface area contributed by atoms with E-state index in [1.54, 1.807) is 11.8 Å². The number of carbonyl (C=O) groups excluding carboxylic acids is 2. The maximum atomic E-state index is 12.9. The predicted octanol–water partition coefficient (Wildman–Crippen LogP) is 3.29. The third-order valence-corrected chi connectivity index (χ3v) is 9.03. The van der Waals surface area contributed by atoms with Crippen LogP contribution in [-0.2, 0) is 40.5 Å². The normalized spacial score (nSPS) is 22.5. The van der Waals surface area contributed by atoms with Crippen LogP contribution in [-0.4, -0.2) is 43.1 Å². The Morgan fingerprint density at radius 2 is 1.58 bits per heavy atom. The average molecular weight is 448 g/mol. The summed E-state index contributed by atoms with van der Waals surface area (Å²) in [5.41, 5.74) is 5.79. The molecule has 1 aromatic carbocycles. The molecule has 0 saturated heterocycles. The minimum atomic E-state index is -3.77. The number of fused-ring (bicyclic) bond motifs is 2. The fourth-order valence-corrected chi connectivity index (χ4v) is 7.09. The lowest BCUT2D eigenvalue weighted by molar-refractivity contribution is -0.131. The Hall–Kier alpha value is -2.09. The van der Waals surface area contributed by atoms with Gasteiger partial charge in [0.1, 0.15) is 0 Å². The van der Waals surface area contributed by atoms with Gasteiger partial charge in [-0.25, -0.2) is 17.9 Å². The summed E-state index contributed by atoms with van der Waals surface area (Å²) >= 11 is 0. The summed E-state index contributed by atoms with van der Waals surface area (Å²) in [6.45, 7) is 4.12. The van der Waals surface area contributed by atoms with Crippen molar-refractivity contribution in [2.24, 2.45) is 0 Å². The van der Waals surface area contributed by atoms with Crippen LogP contribution in [0.1, 0.15) is 74.6 Å². The highest BCUT2D eigenvalue weighted by molar-refractivity contribution is 7.90. The molecule has 1 saturated carbocycles. The summed E-state index contributed by atoms with van der Waals surface area (Å²) in [4.78, 5) is 26.3. The molecule has 0 spiro atoms. The standard InChI is InChI=1S/C23H33N3O4S/c1-3-26(15(2)27)18-10-12-19(13-11-18)31(29,30)25-23(28)24-22-20-8-4-6-16(20)14-17-7-5-9-21(17)22/h14,18-19H,3-13H2,1-2H3,(H2,24,25,28). The largest absolute Gasteiger partial charge is 0.340 e. The second-order valence-corrected chi connectivity index (χ2v) is 11.0. The lowest BCUT2D eigenvalue weighted by atomic mass is 9.93. The predicted molar refractivity (Wildman–Crippen MR) is 121 cm³/mol. The van der Waals surface area contributed by atoms with Crippen molar-refractivity contribution < 1.29 is 18.0 Å². The van der Waals surface area contributed by atoms with E-state index in [4.69, 9.17) is 0 Å². The van der Waals surface area contributed by atoms with Gasteiger partial charge in [0, 0.05) is 25.2 Å². The number of nitrogens with zero attached hydrogens (tertiary/aromatic N) is 1. The molecule has 2 N–H and O–H groups in total. The quantitative estimate of drug-likeness (QED) is 0.724. The smallest absolute Gasteiger partial charge is 0.332 e. The van der Waals surface area contributed by atoms with Crippen molar-refractivity contribution in [3.8, 4) is 0 Å². The first-order valence-corrected chi connectivity index (χ1v) is 13.1. The van der Waals surface area contributed by atoms with E-state index in [0.717, 1.165) is 44.2 Å². The van der Waals surface area contributed by atoms with Crippen LogP contribution in [0.2, 0.25) is 0 Å². The number of urea groups is 1. The molecule has 170 valence electrons. The first-order valence-electron chi connectivity index (χ1n) is 11.6. The third-order valence-electron chi connectivity index (χ3n) is 7.22. The lowest BCUT2D eigenvalue weighted by Gasteiger charge is -2.35. The Kier molecular flexibility index (Phi) is 6.28. The lowest BCUT2D eigenvalue weighted by Crippen LogP contribution is -2.46. The van der Waals surface area contributed by atoms with Crippen molar-refractivity contribution in [2.75, 3.05) is 11.9 Å². The summed E-state index contributed by atoms with van der Waals surface area (Å²) in [5, 5.41) is 2.30. The molecule has 0 atom stereocenters. The van der Waals surface area contributed by atoms with Crippen LogP contribution >= 0.6 is 0 Å². The second-order valence-electron chi connectivity index (χ2n) is 9.07. The van der Waals surface area contributed by atoms with Crippen LogP contribution in [0.15, 0.2) is 6.07 Å². The maximum absolute atomic E-state index is 12.9. The van der Waals surface area contributed by atoms with E-state index in [9.17, 15) is 18.0 Å². The van der Waals surface area contributed by atoms with E-state index in [-0.39, 0.29) is 11.9 Å². The molecular formula is C23H33N3O4S. The van der Waals surface area contributed by atoms with Crippen LogP contribution in [0.5, 0.6) is 0 Å². The maximum Gasteiger partial charge on any atom is 0.332 e. The van der Waals surface area contributed by atoms with Crippen molar-refractivity contribution >= 4 is 27.6 Å². The van der Waals surface area contributed by atoms with Crippen LogP contribution in [0.4, 0.5) is 10.5 Å². The fraction of sp³-hybridized carbons (Fsp3) is 0.652. The molecule has 0 heterocycles. The number of rotatable bonds is 5. The molecular weight excluding hydrogens is 414 g/mol. The first-order chi connectivity index (χ1) is 14.8. The van der Waals surface area contributed by atoms with E-state index in [1.165, 1.54) is 22.3 Å². The molecule has 3 amide bonds. The summed E-state index contributed by atoms with van der Waals surface area (Å²) < 4.78 is 28.0. The Labute approximate surface area is 185 Å². The number of anilines is 1. The molecule has 0 aromatic heterocycles. The number of hydrogen-bond donors (Lipinski definition) is 2. The molecule has 1 fully saturated rings. The van der Waals surface area contributed by atoms with Crippen molar-refractivity contribution in [3.05, 3.63) is 28.3 Å². The number of hydrogen-bond acceptors (Lipinski definition) is 4. The molecule has 31 heavy (non-hydrogen) atoms. The Morgan fingerprint density at radius 1 is 1.00 bits per heavy atom. The molecule has 0 bridgehead atoms. The molecule has 8 heteroatoms. The topological polar surface area (TPSA) is 95.6 Å². The molecule has 0 aliphatic heterocycles. The zero-order valence-electron chi connectivity index (χ0n) is 18.5. The molecule has 1 aromatic rings. The summed E-state index contributed by atoms with van der Waals surface area (Å²) in [6.07, 6.45) is 8.24. The van der Waals surface area contributed by atoms with Crippen molar-refractivity contribution in [1.29, 1.82) is 0 Å². The third kappa shape index (κ3) is 4.45. The SMILES string of the molecule is CCN(C(C)=O)C1CCC(S(=O)(=O)NC(=O)Nc2c3c(cc4c2CCC4)CCC3)CC1. The minimum Gasteiger partial charge on any atom is -0.340 e. The van der Waals surface area contributed by atoms with Gasteiger partial charge in [-0.1, -0.05) is 6.07 Å². The highest BCUT2D eigenvalue weighted by Gasteiger charge is 2.35. The van der Waals surface area contributed by atoms with E-state index in [1.807, 2.05) is 6.92 Å². The van der Waals surface area contributed by atoms with Gasteiger partial charge in [-0.15, -0.1) is 0 Å². The van der Waals surface area contributed by atoms with Gasteiger partial charge in [0.25, 0.3) is 0 Å². The van der Waals surface area contributed by atoms with Crippen LogP contribution in [0.3, 0.4) is 0 Å². The van der Waals surface area contributed by atoms with Crippen LogP contribution < -0.4 is 10.0 Å². The number of carbonyl (C=O) groups is 2. The molecule has 4 rings (SSSR count). The van der Waals surface area contributed by atoms with Gasteiger partial charge in [0.05, 0.1) is 5.25 Å². The number of sulfonamides is 1. The van der Waals surface area contributed by atoms with Crippen molar-refractivity contribution in [2.45, 2.75) is 89.3 Å². The molecule has 3 aliphatic rings. The van der Waals surface area contributed by atoms with E-state index in [0.29, 0.717) is 32.2 Å². The second kappa shape index (κ2) is 8.81. The van der Waals surface area contributed by atoms with Gasteiger partial charge < -0.3 is 10.2 Å². The summed E-state index contributed by atoms with van der Waals surface area (Å²) in [5.74, 6) is 0.0224. The van der Waals surface area contributed by atoms with E-state index >= 15 is 0 Å². The number of aryl methyl sites for hydroxylation is 2. The van der Waals surface area contributed by atoms with Crippen LogP contribution in [0, 0.1) is 0 Å². The molecule has 7 nitrogen and oxygen atoms in total. The highest BCUT2D eigenvalue weighted by Crippen LogP contribution is 2.38. The van der Waals surface area contributed by atoms with Gasteiger partial charge in [-0.3, -0.25) is 4.79 Å². The monoisotopic (exact) mass is 447 g/mol. The Balaban J connectivity index is 1.41. The molecule has 0 radical (unpaired) electrons. The zero-order chi connectivity index (χ0) is 22.2. The van der Waals surface area contributed by atoms with Gasteiger partial charge in [-0.2, -0.15) is 0 Å². The summed E-state index contributed by atoms with van der Waals surface area (Å²) in [7, 11) is -3.77. The number of nitrogens with one attached hydrogen (secondary N) is 2. The Morgan fingerprint density at radius 3 is 2.10 bits per heavy atom. The Bertz CT molecular complexity index is 949. The van der Waals surface area contributed by atoms with E-state index < -0.39 is 21.3 Å². The fourth-order valence-electron chi connectivity index (χ4n) is 5.72. The average Bonchev–Trinajstić information content (AvgIpc) is 3.37. The molecule has 0 unspecified atom stereocenters. The first kappa shape index (κ1) is 22.1. The highest BCUT2D eigenvalue weighted by atomic mass is 32.2. The van der Waals surface area contributed by atoms with Gasteiger partial charge in [-0.05, 0) is 93.4 Å².